The number of fused-ring (bicyclic) bond motifs is 2. The number of nitrogens with zero attached hydrogens (tertiary/aromatic N) is 1. The van der Waals surface area contributed by atoms with E-state index in [9.17, 15) is 4.79 Å². The summed E-state index contributed by atoms with van der Waals surface area (Å²) in [5.41, 5.74) is 1.43. The molecule has 0 radical (unpaired) electrons. The van der Waals surface area contributed by atoms with Gasteiger partial charge in [0, 0.05) is 29.3 Å². The molecule has 4 rings (SSSR count). The number of aromatic amines is 1. The maximum atomic E-state index is 12.5. The number of hydrogen-bond donors (Lipinski definition) is 1. The van der Waals surface area contributed by atoms with Crippen molar-refractivity contribution < 1.29 is 4.79 Å². The summed E-state index contributed by atoms with van der Waals surface area (Å²) < 4.78 is 0. The number of carbonyl (C=O) groups is 1. The van der Waals surface area contributed by atoms with Gasteiger partial charge in [-0.1, -0.05) is 18.0 Å². The van der Waals surface area contributed by atoms with Crippen molar-refractivity contribution in [1.29, 1.82) is 0 Å². The SMILES string of the molecule is O=C(c1c[nH]c2nccc(Cl)c12)C1C2CCCC21. The number of carbonyl (C=O) groups excluding carboxylic acids is 1. The normalized spacial score (nSPS) is 29.5. The van der Waals surface area contributed by atoms with Crippen LogP contribution in [-0.4, -0.2) is 15.8 Å². The van der Waals surface area contributed by atoms with E-state index in [4.69, 9.17) is 11.6 Å². The van der Waals surface area contributed by atoms with Gasteiger partial charge in [0.2, 0.25) is 0 Å². The standard InChI is InChI=1S/C14H13ClN2O/c15-10-4-5-16-14-12(10)9(6-17-14)13(18)11-7-2-1-3-8(7)11/h4-8,11H,1-3H2,(H,16,17). The molecule has 0 saturated heterocycles. The van der Waals surface area contributed by atoms with Crippen molar-refractivity contribution >= 4 is 28.4 Å². The highest BCUT2D eigenvalue weighted by molar-refractivity contribution is 6.36. The zero-order chi connectivity index (χ0) is 12.3. The molecular formula is C14H13ClN2O. The molecule has 2 aromatic rings. The van der Waals surface area contributed by atoms with E-state index in [0.717, 1.165) is 10.9 Å². The lowest BCUT2D eigenvalue weighted by atomic mass is 10.0. The lowest BCUT2D eigenvalue weighted by Crippen LogP contribution is -2.05. The van der Waals surface area contributed by atoms with Crippen LogP contribution in [0.2, 0.25) is 5.02 Å². The molecule has 2 atom stereocenters. The zero-order valence-corrected chi connectivity index (χ0v) is 10.6. The van der Waals surface area contributed by atoms with Gasteiger partial charge in [-0.05, 0) is 30.7 Å². The Morgan fingerprint density at radius 1 is 1.39 bits per heavy atom. The Balaban J connectivity index is 1.77. The Hall–Kier alpha value is -1.35. The molecule has 2 fully saturated rings. The van der Waals surface area contributed by atoms with Gasteiger partial charge in [0.25, 0.3) is 0 Å². The number of nitrogens with one attached hydrogen (secondary N) is 1. The van der Waals surface area contributed by atoms with Crippen LogP contribution < -0.4 is 0 Å². The summed E-state index contributed by atoms with van der Waals surface area (Å²) in [7, 11) is 0. The number of rotatable bonds is 2. The van der Waals surface area contributed by atoms with E-state index in [2.05, 4.69) is 9.97 Å². The summed E-state index contributed by atoms with van der Waals surface area (Å²) in [6, 6.07) is 1.74. The van der Waals surface area contributed by atoms with E-state index >= 15 is 0 Å². The average Bonchev–Trinajstić information content (AvgIpc) is 2.79. The number of hydrogen-bond acceptors (Lipinski definition) is 2. The molecule has 4 heteroatoms. The Morgan fingerprint density at radius 2 is 2.17 bits per heavy atom. The van der Waals surface area contributed by atoms with Crippen LogP contribution in [0.3, 0.4) is 0 Å². The fourth-order valence-corrected chi connectivity index (χ4v) is 3.85. The number of pyridine rings is 1. The molecule has 0 bridgehead atoms. The quantitative estimate of drug-likeness (QED) is 0.841. The van der Waals surface area contributed by atoms with Gasteiger partial charge in [-0.2, -0.15) is 0 Å². The summed E-state index contributed by atoms with van der Waals surface area (Å²) in [6.07, 6.45) is 7.14. The molecule has 2 unspecified atom stereocenters. The molecule has 0 amide bonds. The summed E-state index contributed by atoms with van der Waals surface area (Å²) in [6.45, 7) is 0. The average molecular weight is 261 g/mol. The molecule has 3 nitrogen and oxygen atoms in total. The van der Waals surface area contributed by atoms with Gasteiger partial charge in [-0.3, -0.25) is 4.79 Å². The largest absolute Gasteiger partial charge is 0.345 e. The van der Waals surface area contributed by atoms with Crippen molar-refractivity contribution in [2.45, 2.75) is 19.3 Å². The van der Waals surface area contributed by atoms with Gasteiger partial charge < -0.3 is 4.98 Å². The van der Waals surface area contributed by atoms with Crippen LogP contribution in [0.5, 0.6) is 0 Å². The van der Waals surface area contributed by atoms with Crippen molar-refractivity contribution in [3.05, 3.63) is 29.0 Å². The molecule has 2 aliphatic carbocycles. The second kappa shape index (κ2) is 3.58. The number of ketones is 1. The van der Waals surface area contributed by atoms with Gasteiger partial charge in [-0.15, -0.1) is 0 Å². The summed E-state index contributed by atoms with van der Waals surface area (Å²) in [5.74, 6) is 1.77. The Kier molecular flexibility index (Phi) is 2.10. The minimum absolute atomic E-state index is 0.244. The fraction of sp³-hybridized carbons (Fsp3) is 0.429. The third-order valence-corrected chi connectivity index (χ3v) is 4.81. The lowest BCUT2D eigenvalue weighted by Gasteiger charge is -2.02. The molecule has 0 spiro atoms. The summed E-state index contributed by atoms with van der Waals surface area (Å²) in [5, 5.41) is 1.39. The highest BCUT2D eigenvalue weighted by atomic mass is 35.5. The molecule has 0 aliphatic heterocycles. The third kappa shape index (κ3) is 1.31. The van der Waals surface area contributed by atoms with E-state index in [1.165, 1.54) is 19.3 Å². The lowest BCUT2D eigenvalue weighted by molar-refractivity contribution is 0.0953. The second-order valence-electron chi connectivity index (χ2n) is 5.37. The molecule has 92 valence electrons. The van der Waals surface area contributed by atoms with Crippen molar-refractivity contribution in [2.75, 3.05) is 0 Å². The topological polar surface area (TPSA) is 45.8 Å². The monoisotopic (exact) mass is 260 g/mol. The van der Waals surface area contributed by atoms with E-state index in [0.29, 0.717) is 22.5 Å². The zero-order valence-electron chi connectivity index (χ0n) is 9.82. The van der Waals surface area contributed by atoms with Crippen LogP contribution in [0.25, 0.3) is 11.0 Å². The molecular weight excluding hydrogens is 248 g/mol. The van der Waals surface area contributed by atoms with Crippen LogP contribution in [0.15, 0.2) is 18.5 Å². The van der Waals surface area contributed by atoms with E-state index < -0.39 is 0 Å². The van der Waals surface area contributed by atoms with Gasteiger partial charge in [0.05, 0.1) is 5.02 Å². The number of halogens is 1. The molecule has 1 N–H and O–H groups in total. The first-order valence-corrected chi connectivity index (χ1v) is 6.81. The first kappa shape index (κ1) is 10.6. The molecule has 2 aliphatic rings. The van der Waals surface area contributed by atoms with Crippen molar-refractivity contribution in [3.63, 3.8) is 0 Å². The minimum Gasteiger partial charge on any atom is -0.345 e. The number of aromatic nitrogens is 2. The van der Waals surface area contributed by atoms with Crippen LogP contribution in [-0.2, 0) is 0 Å². The van der Waals surface area contributed by atoms with Crippen LogP contribution in [0.1, 0.15) is 29.6 Å². The maximum absolute atomic E-state index is 12.5. The molecule has 2 saturated carbocycles. The second-order valence-corrected chi connectivity index (χ2v) is 5.77. The minimum atomic E-state index is 0.244. The van der Waals surface area contributed by atoms with E-state index in [1.54, 1.807) is 18.5 Å². The Morgan fingerprint density at radius 3 is 2.94 bits per heavy atom. The fourth-order valence-electron chi connectivity index (χ4n) is 3.60. The van der Waals surface area contributed by atoms with Crippen molar-refractivity contribution in [3.8, 4) is 0 Å². The van der Waals surface area contributed by atoms with Gasteiger partial charge in [0.1, 0.15) is 5.65 Å². The van der Waals surface area contributed by atoms with Crippen LogP contribution >= 0.6 is 11.6 Å². The van der Waals surface area contributed by atoms with Crippen molar-refractivity contribution in [1.82, 2.24) is 9.97 Å². The Bertz CT molecular complexity index is 638. The highest BCUT2D eigenvalue weighted by Gasteiger charge is 2.56. The smallest absolute Gasteiger partial charge is 0.168 e. The first-order valence-electron chi connectivity index (χ1n) is 6.43. The van der Waals surface area contributed by atoms with E-state index in [1.807, 2.05) is 0 Å². The summed E-state index contributed by atoms with van der Waals surface area (Å²) in [4.78, 5) is 19.8. The van der Waals surface area contributed by atoms with Gasteiger partial charge >= 0.3 is 0 Å². The molecule has 2 aromatic heterocycles. The number of Topliss-reactive ketones (excluding diaryl/α,β-unsaturated/α-hetero) is 1. The van der Waals surface area contributed by atoms with Gasteiger partial charge in [-0.25, -0.2) is 4.98 Å². The predicted molar refractivity (Wildman–Crippen MR) is 69.8 cm³/mol. The Labute approximate surface area is 110 Å². The maximum Gasteiger partial charge on any atom is 0.168 e. The van der Waals surface area contributed by atoms with Crippen LogP contribution in [0.4, 0.5) is 0 Å². The number of H-pyrrole nitrogens is 1. The molecule has 18 heavy (non-hydrogen) atoms. The summed E-state index contributed by atoms with van der Waals surface area (Å²) >= 11 is 6.18. The van der Waals surface area contributed by atoms with Crippen molar-refractivity contribution in [2.24, 2.45) is 17.8 Å². The van der Waals surface area contributed by atoms with Gasteiger partial charge in [0.15, 0.2) is 5.78 Å². The highest BCUT2D eigenvalue weighted by Crippen LogP contribution is 2.58. The predicted octanol–water partition coefficient (Wildman–Crippen LogP) is 3.45. The first-order chi connectivity index (χ1) is 8.77. The van der Waals surface area contributed by atoms with Crippen LogP contribution in [0, 0.1) is 17.8 Å². The third-order valence-electron chi connectivity index (χ3n) is 4.50. The van der Waals surface area contributed by atoms with E-state index in [-0.39, 0.29) is 11.7 Å². The molecule has 2 heterocycles. The molecule has 0 aromatic carbocycles.